The van der Waals surface area contributed by atoms with Crippen LogP contribution in [0.5, 0.6) is 0 Å². The Kier molecular flexibility index (Phi) is 5.74. The number of halogens is 1. The molecule has 2 unspecified atom stereocenters. The van der Waals surface area contributed by atoms with E-state index in [1.54, 1.807) is 6.07 Å². The van der Waals surface area contributed by atoms with Gasteiger partial charge in [-0.05, 0) is 39.9 Å². The van der Waals surface area contributed by atoms with Gasteiger partial charge in [-0.15, -0.1) is 0 Å². The minimum Gasteiger partial charge on any atom is -0.465 e. The molecule has 0 aliphatic carbocycles. The monoisotopic (exact) mass is 398 g/mol. The number of benzene rings is 1. The van der Waals surface area contributed by atoms with E-state index in [0.717, 1.165) is 4.47 Å². The Bertz CT molecular complexity index is 615. The normalized spacial score (nSPS) is 20.8. The van der Waals surface area contributed by atoms with Gasteiger partial charge in [0, 0.05) is 23.0 Å². The molecule has 0 spiro atoms. The zero-order valence-corrected chi connectivity index (χ0v) is 15.7. The lowest BCUT2D eigenvalue weighted by Crippen LogP contribution is -2.46. The molecule has 132 valence electrons. The van der Waals surface area contributed by atoms with Crippen LogP contribution >= 0.6 is 15.9 Å². The molecule has 2 atom stereocenters. The Labute approximate surface area is 150 Å². The van der Waals surface area contributed by atoms with Gasteiger partial charge in [-0.1, -0.05) is 32.9 Å². The van der Waals surface area contributed by atoms with Gasteiger partial charge >= 0.3 is 12.2 Å². The highest BCUT2D eigenvalue weighted by atomic mass is 79.9. The molecule has 1 aromatic carbocycles. The predicted molar refractivity (Wildman–Crippen MR) is 95.2 cm³/mol. The molecule has 2 rings (SSSR count). The number of hydrogen-bond donors (Lipinski definition) is 2. The summed E-state index contributed by atoms with van der Waals surface area (Å²) in [5.74, 6) is -0.00827. The lowest BCUT2D eigenvalue weighted by molar-refractivity contribution is 0.0686. The smallest absolute Gasteiger partial charge is 0.411 e. The topological polar surface area (TPSA) is 78.9 Å². The minimum absolute atomic E-state index is 0.00827. The summed E-state index contributed by atoms with van der Waals surface area (Å²) in [6.45, 7) is 6.69. The second-order valence-electron chi connectivity index (χ2n) is 7.04. The molecule has 6 nitrogen and oxygen atoms in total. The molecule has 1 saturated heterocycles. The van der Waals surface area contributed by atoms with Gasteiger partial charge < -0.3 is 14.7 Å². The average Bonchev–Trinajstić information content (AvgIpc) is 2.92. The van der Waals surface area contributed by atoms with Crippen LogP contribution in [0.25, 0.3) is 0 Å². The van der Waals surface area contributed by atoms with Crippen molar-refractivity contribution in [2.45, 2.75) is 33.2 Å². The van der Waals surface area contributed by atoms with Gasteiger partial charge in [0.25, 0.3) is 0 Å². The second kappa shape index (κ2) is 7.42. The molecule has 1 aliphatic heterocycles. The number of carbonyl (C=O) groups excluding carboxylic acids is 1. The Morgan fingerprint density at radius 3 is 2.62 bits per heavy atom. The number of rotatable bonds is 3. The molecule has 1 aromatic rings. The first-order valence-corrected chi connectivity index (χ1v) is 8.67. The number of ether oxygens (including phenoxy) is 1. The van der Waals surface area contributed by atoms with Crippen LogP contribution in [0, 0.1) is 11.3 Å². The number of carboxylic acid groups (broad SMARTS) is 1. The van der Waals surface area contributed by atoms with E-state index < -0.39 is 12.2 Å². The number of likely N-dealkylation sites (tertiary alicyclic amines) is 1. The number of amides is 2. The standard InChI is InChI=1S/C17H23BrN2O4/c1-17(2,3)14-11(8-9-20(14)16(22)23)10-24-15(21)19-13-7-5-4-6-12(13)18/h4-7,11,14H,8-10H2,1-3H3,(H,19,21)(H,22,23). The zero-order chi connectivity index (χ0) is 17.9. The third-order valence-corrected chi connectivity index (χ3v) is 4.89. The van der Waals surface area contributed by atoms with E-state index in [2.05, 4.69) is 21.2 Å². The van der Waals surface area contributed by atoms with E-state index in [-0.39, 0.29) is 24.0 Å². The van der Waals surface area contributed by atoms with E-state index >= 15 is 0 Å². The van der Waals surface area contributed by atoms with Crippen LogP contribution in [0.15, 0.2) is 28.7 Å². The highest BCUT2D eigenvalue weighted by Gasteiger charge is 2.44. The molecular weight excluding hydrogens is 376 g/mol. The maximum atomic E-state index is 12.0. The van der Waals surface area contributed by atoms with Gasteiger partial charge in [0.05, 0.1) is 12.3 Å². The van der Waals surface area contributed by atoms with Gasteiger partial charge in [-0.25, -0.2) is 9.59 Å². The van der Waals surface area contributed by atoms with Crippen molar-refractivity contribution >= 4 is 33.8 Å². The van der Waals surface area contributed by atoms with Crippen LogP contribution in [-0.4, -0.2) is 41.4 Å². The van der Waals surface area contributed by atoms with Crippen LogP contribution < -0.4 is 5.32 Å². The highest BCUT2D eigenvalue weighted by Crippen LogP contribution is 2.37. The number of para-hydroxylation sites is 1. The third kappa shape index (κ3) is 4.41. The van der Waals surface area contributed by atoms with Crippen molar-refractivity contribution in [3.63, 3.8) is 0 Å². The van der Waals surface area contributed by atoms with Crippen LogP contribution in [0.1, 0.15) is 27.2 Å². The molecule has 24 heavy (non-hydrogen) atoms. The SMILES string of the molecule is CC(C)(C)C1C(COC(=O)Nc2ccccc2Br)CCN1C(=O)O. The quantitative estimate of drug-likeness (QED) is 0.789. The number of hydrogen-bond acceptors (Lipinski definition) is 3. The minimum atomic E-state index is -0.921. The summed E-state index contributed by atoms with van der Waals surface area (Å²) in [6, 6.07) is 7.09. The Balaban J connectivity index is 1.96. The molecule has 1 fully saturated rings. The molecule has 2 N–H and O–H groups in total. The summed E-state index contributed by atoms with van der Waals surface area (Å²) in [5, 5.41) is 12.1. The summed E-state index contributed by atoms with van der Waals surface area (Å²) in [4.78, 5) is 24.9. The summed E-state index contributed by atoms with van der Waals surface area (Å²) in [5.41, 5.74) is 0.412. The maximum Gasteiger partial charge on any atom is 0.411 e. The number of carbonyl (C=O) groups is 2. The molecule has 2 amide bonds. The van der Waals surface area contributed by atoms with Crippen molar-refractivity contribution in [1.82, 2.24) is 4.90 Å². The molecule has 0 saturated carbocycles. The molecule has 1 heterocycles. The number of anilines is 1. The average molecular weight is 399 g/mol. The Morgan fingerprint density at radius 1 is 1.38 bits per heavy atom. The Hall–Kier alpha value is -1.76. The fraction of sp³-hybridized carbons (Fsp3) is 0.529. The summed E-state index contributed by atoms with van der Waals surface area (Å²) < 4.78 is 6.12. The fourth-order valence-electron chi connectivity index (χ4n) is 3.31. The maximum absolute atomic E-state index is 12.0. The second-order valence-corrected chi connectivity index (χ2v) is 7.89. The molecule has 0 radical (unpaired) electrons. The van der Waals surface area contributed by atoms with E-state index in [1.165, 1.54) is 4.90 Å². The van der Waals surface area contributed by atoms with Crippen molar-refractivity contribution in [2.75, 3.05) is 18.5 Å². The van der Waals surface area contributed by atoms with Crippen LogP contribution in [0.4, 0.5) is 15.3 Å². The van der Waals surface area contributed by atoms with E-state index in [9.17, 15) is 14.7 Å². The van der Waals surface area contributed by atoms with Crippen molar-refractivity contribution in [2.24, 2.45) is 11.3 Å². The van der Waals surface area contributed by atoms with Crippen LogP contribution in [-0.2, 0) is 4.74 Å². The van der Waals surface area contributed by atoms with Gasteiger partial charge in [-0.2, -0.15) is 0 Å². The molecule has 0 aromatic heterocycles. The zero-order valence-electron chi connectivity index (χ0n) is 14.1. The van der Waals surface area contributed by atoms with E-state index in [1.807, 2.05) is 39.0 Å². The van der Waals surface area contributed by atoms with Crippen molar-refractivity contribution in [3.8, 4) is 0 Å². The largest absolute Gasteiger partial charge is 0.465 e. The van der Waals surface area contributed by atoms with Gasteiger partial charge in [-0.3, -0.25) is 5.32 Å². The first-order valence-electron chi connectivity index (χ1n) is 7.88. The van der Waals surface area contributed by atoms with Crippen molar-refractivity contribution in [3.05, 3.63) is 28.7 Å². The van der Waals surface area contributed by atoms with E-state index in [4.69, 9.17) is 4.74 Å². The van der Waals surface area contributed by atoms with Crippen LogP contribution in [0.2, 0.25) is 0 Å². The highest BCUT2D eigenvalue weighted by molar-refractivity contribution is 9.10. The van der Waals surface area contributed by atoms with Gasteiger partial charge in [0.1, 0.15) is 0 Å². The molecule has 0 bridgehead atoms. The summed E-state index contributed by atoms with van der Waals surface area (Å²) in [7, 11) is 0. The van der Waals surface area contributed by atoms with Gasteiger partial charge in [0.15, 0.2) is 0 Å². The van der Waals surface area contributed by atoms with E-state index in [0.29, 0.717) is 18.7 Å². The summed E-state index contributed by atoms with van der Waals surface area (Å²) in [6.07, 6.45) is -0.769. The van der Waals surface area contributed by atoms with Crippen LogP contribution in [0.3, 0.4) is 0 Å². The summed E-state index contributed by atoms with van der Waals surface area (Å²) >= 11 is 3.36. The molecule has 7 heteroatoms. The number of nitrogens with zero attached hydrogens (tertiary/aromatic N) is 1. The van der Waals surface area contributed by atoms with Crippen molar-refractivity contribution in [1.29, 1.82) is 0 Å². The first-order chi connectivity index (χ1) is 11.2. The lowest BCUT2D eigenvalue weighted by Gasteiger charge is -2.36. The lowest BCUT2D eigenvalue weighted by atomic mass is 9.80. The predicted octanol–water partition coefficient (Wildman–Crippen LogP) is 4.41. The van der Waals surface area contributed by atoms with Crippen molar-refractivity contribution < 1.29 is 19.4 Å². The molecular formula is C17H23BrN2O4. The Morgan fingerprint density at radius 2 is 2.04 bits per heavy atom. The third-order valence-electron chi connectivity index (χ3n) is 4.20. The fourth-order valence-corrected chi connectivity index (χ4v) is 3.70. The molecule has 1 aliphatic rings. The first kappa shape index (κ1) is 18.6. The number of nitrogens with one attached hydrogen (secondary N) is 1. The van der Waals surface area contributed by atoms with Gasteiger partial charge in [0.2, 0.25) is 0 Å².